The lowest BCUT2D eigenvalue weighted by atomic mass is 10.1. The van der Waals surface area contributed by atoms with Crippen molar-refractivity contribution in [2.24, 2.45) is 0 Å². The Morgan fingerprint density at radius 1 is 0.654 bits per heavy atom. The van der Waals surface area contributed by atoms with Gasteiger partial charge in [0.1, 0.15) is 0 Å². The average Bonchev–Trinajstić information content (AvgIpc) is 2.61. The molecule has 0 unspecified atom stereocenters. The molecule has 0 atom stereocenters. The van der Waals surface area contributed by atoms with Gasteiger partial charge in [-0.05, 0) is 24.4 Å². The van der Waals surface area contributed by atoms with Crippen molar-refractivity contribution in [2.75, 3.05) is 6.07 Å². The van der Waals surface area contributed by atoms with E-state index in [2.05, 4.69) is 18.6 Å². The molecule has 0 radical (unpaired) electrons. The van der Waals surface area contributed by atoms with E-state index in [1.54, 1.807) is 0 Å². The van der Waals surface area contributed by atoms with Crippen LogP contribution in [0.5, 0.6) is 0 Å². The molecule has 0 aliphatic carbocycles. The summed E-state index contributed by atoms with van der Waals surface area (Å²) in [5.74, 6) is -0.173. The minimum absolute atomic E-state index is 0.0185. The zero-order valence-corrected chi connectivity index (χ0v) is 18.5. The first-order valence-electron chi connectivity index (χ1n) is 10.5. The average molecular weight is 411 g/mol. The molecule has 0 aliphatic rings. The number of alkyl halides is 1. The van der Waals surface area contributed by atoms with Gasteiger partial charge in [0.15, 0.2) is 6.07 Å². The SMILES string of the molecule is CCCCCCCCCC(=O)Cl.CCCCCCCCCC(=O)OCCl. The summed E-state index contributed by atoms with van der Waals surface area (Å²) in [7, 11) is 0. The molecule has 0 rings (SSSR count). The zero-order chi connectivity index (χ0) is 19.9. The van der Waals surface area contributed by atoms with Crippen LogP contribution in [-0.2, 0) is 14.3 Å². The number of carbonyl (C=O) groups is 2. The number of hydrogen-bond acceptors (Lipinski definition) is 3. The first-order chi connectivity index (χ1) is 12.6. The zero-order valence-electron chi connectivity index (χ0n) is 17.0. The van der Waals surface area contributed by atoms with Gasteiger partial charge in [0.25, 0.3) is 0 Å². The highest BCUT2D eigenvalue weighted by atomic mass is 35.5. The van der Waals surface area contributed by atoms with E-state index in [4.69, 9.17) is 23.2 Å². The monoisotopic (exact) mass is 410 g/mol. The maximum Gasteiger partial charge on any atom is 0.306 e. The summed E-state index contributed by atoms with van der Waals surface area (Å²) in [6.07, 6.45) is 18.2. The van der Waals surface area contributed by atoms with Crippen molar-refractivity contribution in [3.63, 3.8) is 0 Å². The quantitative estimate of drug-likeness (QED) is 0.106. The topological polar surface area (TPSA) is 43.4 Å². The van der Waals surface area contributed by atoms with Gasteiger partial charge >= 0.3 is 5.97 Å². The molecule has 0 fully saturated rings. The Bertz CT molecular complexity index is 310. The fraction of sp³-hybridized carbons (Fsp3) is 0.905. The molecule has 0 heterocycles. The summed E-state index contributed by atoms with van der Waals surface area (Å²) in [5, 5.41) is -0.191. The highest BCUT2D eigenvalue weighted by Gasteiger charge is 2.00. The van der Waals surface area contributed by atoms with E-state index < -0.39 is 0 Å². The van der Waals surface area contributed by atoms with E-state index in [1.165, 1.54) is 64.2 Å². The molecule has 0 spiro atoms. The first-order valence-corrected chi connectivity index (χ1v) is 11.4. The molecular formula is C21H40Cl2O3. The van der Waals surface area contributed by atoms with Gasteiger partial charge < -0.3 is 4.74 Å². The van der Waals surface area contributed by atoms with Crippen LogP contribution in [0.25, 0.3) is 0 Å². The predicted octanol–water partition coefficient (Wildman–Crippen LogP) is 7.76. The number of esters is 1. The number of ether oxygens (including phenoxy) is 1. The molecule has 156 valence electrons. The lowest BCUT2D eigenvalue weighted by molar-refractivity contribution is -0.141. The molecule has 0 aromatic carbocycles. The second-order valence-electron chi connectivity index (χ2n) is 6.72. The lowest BCUT2D eigenvalue weighted by Crippen LogP contribution is -2.01. The van der Waals surface area contributed by atoms with Gasteiger partial charge in [-0.25, -0.2) is 0 Å². The van der Waals surface area contributed by atoms with Crippen molar-refractivity contribution in [3.8, 4) is 0 Å². The van der Waals surface area contributed by atoms with Crippen LogP contribution in [0.15, 0.2) is 0 Å². The van der Waals surface area contributed by atoms with Crippen molar-refractivity contribution in [1.29, 1.82) is 0 Å². The van der Waals surface area contributed by atoms with E-state index in [9.17, 15) is 9.59 Å². The second-order valence-corrected chi connectivity index (χ2v) is 7.36. The highest BCUT2D eigenvalue weighted by molar-refractivity contribution is 6.63. The van der Waals surface area contributed by atoms with Crippen LogP contribution in [0, 0.1) is 0 Å². The van der Waals surface area contributed by atoms with E-state index >= 15 is 0 Å². The summed E-state index contributed by atoms with van der Waals surface area (Å²) in [6, 6.07) is -0.0185. The molecule has 0 aromatic rings. The molecule has 5 heteroatoms. The van der Waals surface area contributed by atoms with Crippen molar-refractivity contribution in [3.05, 3.63) is 0 Å². The third-order valence-corrected chi connectivity index (χ3v) is 4.47. The first kappa shape index (κ1) is 27.9. The Morgan fingerprint density at radius 2 is 1.04 bits per heavy atom. The van der Waals surface area contributed by atoms with Gasteiger partial charge in [-0.3, -0.25) is 9.59 Å². The maximum absolute atomic E-state index is 10.9. The van der Waals surface area contributed by atoms with Crippen LogP contribution in [0.1, 0.15) is 117 Å². The minimum atomic E-state index is -0.191. The summed E-state index contributed by atoms with van der Waals surface area (Å²) in [6.45, 7) is 4.42. The number of unbranched alkanes of at least 4 members (excludes halogenated alkanes) is 12. The van der Waals surface area contributed by atoms with E-state index in [-0.39, 0.29) is 17.3 Å². The molecular weight excluding hydrogens is 371 g/mol. The Hall–Kier alpha value is -0.280. The number of hydrogen-bond donors (Lipinski definition) is 0. The maximum atomic E-state index is 10.9. The van der Waals surface area contributed by atoms with E-state index in [1.807, 2.05) is 0 Å². The van der Waals surface area contributed by atoms with Crippen molar-refractivity contribution in [2.45, 2.75) is 117 Å². The van der Waals surface area contributed by atoms with Crippen LogP contribution in [0.4, 0.5) is 0 Å². The van der Waals surface area contributed by atoms with Crippen LogP contribution in [0.3, 0.4) is 0 Å². The third-order valence-electron chi connectivity index (χ3n) is 4.18. The highest BCUT2D eigenvalue weighted by Crippen LogP contribution is 2.09. The number of carbonyl (C=O) groups excluding carboxylic acids is 2. The van der Waals surface area contributed by atoms with Crippen molar-refractivity contribution < 1.29 is 14.3 Å². The molecule has 26 heavy (non-hydrogen) atoms. The van der Waals surface area contributed by atoms with E-state index in [0.29, 0.717) is 12.8 Å². The fourth-order valence-corrected chi connectivity index (χ4v) is 2.84. The summed E-state index contributed by atoms with van der Waals surface area (Å²) < 4.78 is 4.61. The van der Waals surface area contributed by atoms with Gasteiger partial charge in [0.05, 0.1) is 0 Å². The van der Waals surface area contributed by atoms with Gasteiger partial charge in [0.2, 0.25) is 5.24 Å². The third kappa shape index (κ3) is 28.5. The Morgan fingerprint density at radius 3 is 1.42 bits per heavy atom. The molecule has 0 saturated heterocycles. The molecule has 0 saturated carbocycles. The molecule has 0 bridgehead atoms. The summed E-state index contributed by atoms with van der Waals surface area (Å²) >= 11 is 10.5. The number of rotatable bonds is 17. The smallest absolute Gasteiger partial charge is 0.306 e. The minimum Gasteiger partial charge on any atom is -0.449 e. The van der Waals surface area contributed by atoms with Gasteiger partial charge in [-0.1, -0.05) is 102 Å². The van der Waals surface area contributed by atoms with Crippen LogP contribution in [-0.4, -0.2) is 17.3 Å². The van der Waals surface area contributed by atoms with E-state index in [0.717, 1.165) is 25.7 Å². The number of halogens is 2. The molecule has 0 aliphatic heterocycles. The Balaban J connectivity index is 0. The van der Waals surface area contributed by atoms with Crippen molar-refractivity contribution in [1.82, 2.24) is 0 Å². The van der Waals surface area contributed by atoms with Gasteiger partial charge in [-0.15, -0.1) is 0 Å². The summed E-state index contributed by atoms with van der Waals surface area (Å²) in [5.41, 5.74) is 0. The van der Waals surface area contributed by atoms with Gasteiger partial charge in [0, 0.05) is 12.8 Å². The standard InChI is InChI=1S/C11H21ClO2.C10H19ClO/c1-2-3-4-5-6-7-8-9-11(13)14-10-12;1-2-3-4-5-6-7-8-9-10(11)12/h2-10H2,1H3;2-9H2,1H3. The lowest BCUT2D eigenvalue weighted by Gasteiger charge is -2.01. The fourth-order valence-electron chi connectivity index (χ4n) is 2.58. The second kappa shape index (κ2) is 24.7. The predicted molar refractivity (Wildman–Crippen MR) is 113 cm³/mol. The largest absolute Gasteiger partial charge is 0.449 e. The Labute approximate surface area is 171 Å². The van der Waals surface area contributed by atoms with Crippen LogP contribution in [0.2, 0.25) is 0 Å². The van der Waals surface area contributed by atoms with Crippen LogP contribution >= 0.6 is 23.2 Å². The normalized spacial score (nSPS) is 10.2. The molecule has 0 N–H and O–H groups in total. The van der Waals surface area contributed by atoms with Gasteiger partial charge in [-0.2, -0.15) is 0 Å². The van der Waals surface area contributed by atoms with Crippen molar-refractivity contribution >= 4 is 34.4 Å². The van der Waals surface area contributed by atoms with Crippen LogP contribution < -0.4 is 0 Å². The molecule has 0 amide bonds. The Kier molecular flexibility index (Phi) is 26.6. The summed E-state index contributed by atoms with van der Waals surface area (Å²) in [4.78, 5) is 21.2. The molecule has 3 nitrogen and oxygen atoms in total. The molecule has 0 aromatic heterocycles.